The Morgan fingerprint density at radius 1 is 0.844 bits per heavy atom. The van der Waals surface area contributed by atoms with E-state index < -0.39 is 17.6 Å². The lowest BCUT2D eigenvalue weighted by Crippen LogP contribution is -2.17. The maximum absolute atomic E-state index is 13.5. The van der Waals surface area contributed by atoms with E-state index in [1.54, 1.807) is 42.5 Å². The van der Waals surface area contributed by atoms with Crippen LogP contribution in [0, 0.1) is 5.82 Å². The minimum Gasteiger partial charge on any atom is -0.493 e. The summed E-state index contributed by atoms with van der Waals surface area (Å²) >= 11 is 0. The highest BCUT2D eigenvalue weighted by Crippen LogP contribution is 2.33. The summed E-state index contributed by atoms with van der Waals surface area (Å²) in [6.07, 6.45) is 0. The highest BCUT2D eigenvalue weighted by Gasteiger charge is 2.23. The Kier molecular flexibility index (Phi) is 5.76. The smallest absolute Gasteiger partial charge is 0.293 e. The molecule has 0 atom stereocenters. The van der Waals surface area contributed by atoms with Gasteiger partial charge in [-0.2, -0.15) is 0 Å². The van der Waals surface area contributed by atoms with E-state index in [0.717, 1.165) is 6.07 Å². The summed E-state index contributed by atoms with van der Waals surface area (Å²) in [5.41, 5.74) is 1.16. The number of nitrogens with one attached hydrogen (secondary N) is 2. The van der Waals surface area contributed by atoms with E-state index in [1.165, 1.54) is 32.4 Å². The summed E-state index contributed by atoms with van der Waals surface area (Å²) in [5.74, 6) is -0.835. The molecule has 2 amide bonds. The first kappa shape index (κ1) is 20.9. The number of fused-ring (bicyclic) bond motifs is 1. The zero-order valence-corrected chi connectivity index (χ0v) is 17.3. The fourth-order valence-electron chi connectivity index (χ4n) is 3.25. The van der Waals surface area contributed by atoms with E-state index in [1.807, 2.05) is 0 Å². The number of ether oxygens (including phenoxy) is 2. The second-order valence-electron chi connectivity index (χ2n) is 6.79. The molecule has 4 aromatic rings. The van der Waals surface area contributed by atoms with Crippen molar-refractivity contribution in [1.29, 1.82) is 0 Å². The maximum Gasteiger partial charge on any atom is 0.293 e. The first-order chi connectivity index (χ1) is 15.5. The van der Waals surface area contributed by atoms with Crippen molar-refractivity contribution in [2.24, 2.45) is 0 Å². The number of anilines is 2. The molecule has 0 aliphatic heterocycles. The fourth-order valence-corrected chi connectivity index (χ4v) is 3.25. The van der Waals surface area contributed by atoms with Gasteiger partial charge in [0.1, 0.15) is 17.1 Å². The van der Waals surface area contributed by atoms with Crippen molar-refractivity contribution >= 4 is 34.2 Å². The van der Waals surface area contributed by atoms with Gasteiger partial charge in [-0.15, -0.1) is 0 Å². The maximum atomic E-state index is 13.5. The Bertz CT molecular complexity index is 1310. The van der Waals surface area contributed by atoms with Crippen LogP contribution in [-0.4, -0.2) is 26.0 Å². The predicted octanol–water partition coefficient (Wildman–Crippen LogP) is 5.09. The van der Waals surface area contributed by atoms with Crippen molar-refractivity contribution in [2.45, 2.75) is 0 Å². The third-order valence-electron chi connectivity index (χ3n) is 4.77. The Morgan fingerprint density at radius 3 is 2.38 bits per heavy atom. The fraction of sp³-hybridized carbons (Fsp3) is 0.0833. The van der Waals surface area contributed by atoms with Crippen LogP contribution in [0.3, 0.4) is 0 Å². The summed E-state index contributed by atoms with van der Waals surface area (Å²) in [4.78, 5) is 25.8. The lowest BCUT2D eigenvalue weighted by Gasteiger charge is -2.11. The summed E-state index contributed by atoms with van der Waals surface area (Å²) in [6, 6.07) is 17.1. The molecule has 32 heavy (non-hydrogen) atoms. The zero-order valence-electron chi connectivity index (χ0n) is 17.3. The highest BCUT2D eigenvalue weighted by atomic mass is 19.1. The van der Waals surface area contributed by atoms with E-state index in [2.05, 4.69) is 10.6 Å². The van der Waals surface area contributed by atoms with Crippen LogP contribution in [0.2, 0.25) is 0 Å². The molecular weight excluding hydrogens is 415 g/mol. The van der Waals surface area contributed by atoms with Gasteiger partial charge in [0.05, 0.1) is 14.2 Å². The number of benzene rings is 3. The summed E-state index contributed by atoms with van der Waals surface area (Å²) in [6.45, 7) is 0. The number of furan rings is 1. The first-order valence-corrected chi connectivity index (χ1v) is 9.62. The number of hydrogen-bond donors (Lipinski definition) is 2. The van der Waals surface area contributed by atoms with Crippen LogP contribution in [0.25, 0.3) is 11.0 Å². The number of halogens is 1. The lowest BCUT2D eigenvalue weighted by molar-refractivity contribution is 0.0999. The van der Waals surface area contributed by atoms with Gasteiger partial charge in [0, 0.05) is 22.7 Å². The molecule has 0 radical (unpaired) electrons. The average Bonchev–Trinajstić information content (AvgIpc) is 3.17. The Morgan fingerprint density at radius 2 is 1.62 bits per heavy atom. The largest absolute Gasteiger partial charge is 0.493 e. The molecule has 0 spiro atoms. The normalized spacial score (nSPS) is 10.6. The number of para-hydroxylation sites is 1. The quantitative estimate of drug-likeness (QED) is 0.441. The van der Waals surface area contributed by atoms with Gasteiger partial charge in [-0.1, -0.05) is 18.2 Å². The van der Waals surface area contributed by atoms with E-state index in [0.29, 0.717) is 28.2 Å². The number of carbonyl (C=O) groups excluding carboxylic acids is 2. The van der Waals surface area contributed by atoms with Gasteiger partial charge >= 0.3 is 0 Å². The molecule has 4 rings (SSSR count). The molecule has 0 unspecified atom stereocenters. The van der Waals surface area contributed by atoms with Crippen LogP contribution in [0.15, 0.2) is 71.1 Å². The summed E-state index contributed by atoms with van der Waals surface area (Å²) < 4.78 is 29.7. The van der Waals surface area contributed by atoms with Crippen LogP contribution in [0.1, 0.15) is 20.9 Å². The second-order valence-corrected chi connectivity index (χ2v) is 6.79. The first-order valence-electron chi connectivity index (χ1n) is 9.62. The van der Waals surface area contributed by atoms with E-state index >= 15 is 0 Å². The van der Waals surface area contributed by atoms with Crippen molar-refractivity contribution in [3.63, 3.8) is 0 Å². The van der Waals surface area contributed by atoms with Crippen molar-refractivity contribution < 1.29 is 27.9 Å². The number of methoxy groups -OCH3 is 2. The molecule has 1 aromatic heterocycles. The van der Waals surface area contributed by atoms with Gasteiger partial charge < -0.3 is 24.5 Å². The van der Waals surface area contributed by atoms with E-state index in [9.17, 15) is 14.0 Å². The van der Waals surface area contributed by atoms with Crippen molar-refractivity contribution in [2.75, 3.05) is 24.9 Å². The standard InChI is InChI=1S/C24H19FN2O5/c1-30-19-11-10-16(13-20(19)31-2)26-24(29)22-21(17-8-3-4-9-18(17)32-22)27-23(28)14-6-5-7-15(25)12-14/h3-13H,1-2H3,(H,26,29)(H,27,28). The average molecular weight is 434 g/mol. The molecule has 0 bridgehead atoms. The molecule has 0 aliphatic carbocycles. The van der Waals surface area contributed by atoms with Gasteiger partial charge in [-0.05, 0) is 42.5 Å². The Labute approximate surface area is 182 Å². The number of amides is 2. The third kappa shape index (κ3) is 4.11. The Hall–Kier alpha value is -4.33. The highest BCUT2D eigenvalue weighted by molar-refractivity contribution is 6.16. The molecule has 0 saturated carbocycles. The van der Waals surface area contributed by atoms with Crippen LogP contribution >= 0.6 is 0 Å². The molecule has 7 nitrogen and oxygen atoms in total. The zero-order chi connectivity index (χ0) is 22.7. The molecule has 0 saturated heterocycles. The van der Waals surface area contributed by atoms with Crippen LogP contribution in [-0.2, 0) is 0 Å². The topological polar surface area (TPSA) is 89.8 Å². The molecule has 0 fully saturated rings. The van der Waals surface area contributed by atoms with Crippen molar-refractivity contribution in [3.05, 3.63) is 83.9 Å². The minimum atomic E-state index is -0.581. The molecule has 2 N–H and O–H groups in total. The van der Waals surface area contributed by atoms with E-state index in [-0.39, 0.29) is 17.0 Å². The Balaban J connectivity index is 1.68. The SMILES string of the molecule is COc1ccc(NC(=O)c2oc3ccccc3c2NC(=O)c2cccc(F)c2)cc1OC. The molecule has 1 heterocycles. The van der Waals surface area contributed by atoms with Crippen molar-refractivity contribution in [1.82, 2.24) is 0 Å². The molecule has 8 heteroatoms. The molecule has 3 aromatic carbocycles. The van der Waals surface area contributed by atoms with Crippen LogP contribution in [0.4, 0.5) is 15.8 Å². The molecular formula is C24H19FN2O5. The van der Waals surface area contributed by atoms with E-state index in [4.69, 9.17) is 13.9 Å². The summed E-state index contributed by atoms with van der Waals surface area (Å²) in [7, 11) is 3.00. The predicted molar refractivity (Wildman–Crippen MR) is 118 cm³/mol. The minimum absolute atomic E-state index is 0.0919. The van der Waals surface area contributed by atoms with Gasteiger partial charge in [0.25, 0.3) is 11.8 Å². The lowest BCUT2D eigenvalue weighted by atomic mass is 10.1. The van der Waals surface area contributed by atoms with Gasteiger partial charge in [0.2, 0.25) is 5.76 Å². The van der Waals surface area contributed by atoms with Crippen LogP contribution in [0.5, 0.6) is 11.5 Å². The summed E-state index contributed by atoms with van der Waals surface area (Å²) in [5, 5.41) is 5.94. The third-order valence-corrected chi connectivity index (χ3v) is 4.77. The van der Waals surface area contributed by atoms with Gasteiger partial charge in [-0.3, -0.25) is 9.59 Å². The second kappa shape index (κ2) is 8.81. The number of hydrogen-bond acceptors (Lipinski definition) is 5. The monoisotopic (exact) mass is 434 g/mol. The van der Waals surface area contributed by atoms with Gasteiger partial charge in [0.15, 0.2) is 11.5 Å². The number of carbonyl (C=O) groups is 2. The van der Waals surface area contributed by atoms with Crippen molar-refractivity contribution in [3.8, 4) is 11.5 Å². The molecule has 0 aliphatic rings. The van der Waals surface area contributed by atoms with Crippen LogP contribution < -0.4 is 20.1 Å². The number of rotatable bonds is 6. The van der Waals surface area contributed by atoms with Gasteiger partial charge in [-0.25, -0.2) is 4.39 Å². The molecule has 162 valence electrons.